The van der Waals surface area contributed by atoms with Crippen LogP contribution in [0.2, 0.25) is 0 Å². The van der Waals surface area contributed by atoms with Crippen LogP contribution >= 0.6 is 0 Å². The number of nitrogens with one attached hydrogen (secondary N) is 1. The molecular weight excluding hydrogens is 536 g/mol. The zero-order valence-electron chi connectivity index (χ0n) is 25.2. The molecule has 0 radical (unpaired) electrons. The molecule has 0 spiro atoms. The Bertz CT molecular complexity index is 1630. The van der Waals surface area contributed by atoms with Gasteiger partial charge in [0.25, 0.3) is 0 Å². The molecule has 0 saturated carbocycles. The molecule has 9 nitrogen and oxygen atoms in total. The second kappa shape index (κ2) is 10.7. The summed E-state index contributed by atoms with van der Waals surface area (Å²) in [6.07, 6.45) is 9.58. The maximum atomic E-state index is 6.58. The van der Waals surface area contributed by atoms with E-state index in [0.29, 0.717) is 18.5 Å². The Balaban J connectivity index is 1.14. The number of fused-ring (bicyclic) bond motifs is 3. The summed E-state index contributed by atoms with van der Waals surface area (Å²) in [5, 5.41) is 9.99. The summed E-state index contributed by atoms with van der Waals surface area (Å²) in [6.45, 7) is 8.76. The zero-order chi connectivity index (χ0) is 29.0. The van der Waals surface area contributed by atoms with Gasteiger partial charge in [0, 0.05) is 42.2 Å². The van der Waals surface area contributed by atoms with Crippen LogP contribution in [0.5, 0.6) is 6.01 Å². The van der Waals surface area contributed by atoms with Crippen molar-refractivity contribution in [2.75, 3.05) is 54.9 Å². The molecule has 8 rings (SSSR count). The summed E-state index contributed by atoms with van der Waals surface area (Å²) in [4.78, 5) is 17.9. The van der Waals surface area contributed by atoms with Crippen LogP contribution < -0.4 is 20.3 Å². The lowest BCUT2D eigenvalue weighted by Gasteiger charge is -2.34. The Morgan fingerprint density at radius 2 is 1.86 bits per heavy atom. The minimum Gasteiger partial charge on any atom is -0.461 e. The highest BCUT2D eigenvalue weighted by Crippen LogP contribution is 2.41. The number of hydrogen-bond acceptors (Lipinski definition) is 8. The van der Waals surface area contributed by atoms with Crippen molar-refractivity contribution in [1.29, 1.82) is 0 Å². The van der Waals surface area contributed by atoms with Gasteiger partial charge in [0.1, 0.15) is 12.4 Å². The molecule has 43 heavy (non-hydrogen) atoms. The van der Waals surface area contributed by atoms with Gasteiger partial charge in [0.15, 0.2) is 0 Å². The summed E-state index contributed by atoms with van der Waals surface area (Å²) in [6, 6.07) is 13.9. The van der Waals surface area contributed by atoms with Gasteiger partial charge in [-0.25, -0.2) is 0 Å². The van der Waals surface area contributed by atoms with Gasteiger partial charge in [0.2, 0.25) is 0 Å². The molecule has 2 aromatic carbocycles. The monoisotopic (exact) mass is 578 g/mol. The van der Waals surface area contributed by atoms with Gasteiger partial charge in [-0.2, -0.15) is 15.1 Å². The lowest BCUT2D eigenvalue weighted by Crippen LogP contribution is -2.43. The van der Waals surface area contributed by atoms with E-state index < -0.39 is 0 Å². The Hall–Kier alpha value is -3.85. The SMILES string of the molecule is CCc1cccc2cccc(N3CCc4c(nc(OCC56CCCN5CCC6)nc4N4CCC(c5[nH]ncc5N)C4)C3)c12. The van der Waals surface area contributed by atoms with E-state index in [2.05, 4.69) is 68.2 Å². The number of anilines is 3. The molecular formula is C34H42N8O. The summed E-state index contributed by atoms with van der Waals surface area (Å²) in [5.41, 5.74) is 13.2. The van der Waals surface area contributed by atoms with Crippen LogP contribution in [0.1, 0.15) is 67.5 Å². The van der Waals surface area contributed by atoms with Gasteiger partial charge in [-0.15, -0.1) is 0 Å². The molecule has 3 fully saturated rings. The second-order valence-corrected chi connectivity index (χ2v) is 13.0. The molecule has 6 heterocycles. The van der Waals surface area contributed by atoms with Gasteiger partial charge >= 0.3 is 6.01 Å². The van der Waals surface area contributed by atoms with Crippen molar-refractivity contribution in [2.24, 2.45) is 0 Å². The fourth-order valence-electron chi connectivity index (χ4n) is 8.36. The van der Waals surface area contributed by atoms with Gasteiger partial charge in [-0.05, 0) is 75.1 Å². The molecule has 4 aliphatic heterocycles. The maximum absolute atomic E-state index is 6.58. The van der Waals surface area contributed by atoms with E-state index in [4.69, 9.17) is 20.4 Å². The van der Waals surface area contributed by atoms with E-state index in [-0.39, 0.29) is 5.54 Å². The van der Waals surface area contributed by atoms with Crippen LogP contribution in [-0.2, 0) is 19.4 Å². The number of aromatic amines is 1. The number of nitrogen functional groups attached to an aromatic ring is 1. The van der Waals surface area contributed by atoms with Crippen LogP contribution in [0, 0.1) is 0 Å². The first-order valence-electron chi connectivity index (χ1n) is 16.2. The highest BCUT2D eigenvalue weighted by Gasteiger charge is 2.45. The average molecular weight is 579 g/mol. The third kappa shape index (κ3) is 4.60. The third-order valence-electron chi connectivity index (χ3n) is 10.6. The molecule has 224 valence electrons. The van der Waals surface area contributed by atoms with Crippen molar-refractivity contribution in [3.8, 4) is 6.01 Å². The van der Waals surface area contributed by atoms with E-state index in [1.165, 1.54) is 66.4 Å². The van der Waals surface area contributed by atoms with Crippen LogP contribution in [0.4, 0.5) is 17.2 Å². The number of benzene rings is 2. The minimum atomic E-state index is 0.155. The smallest absolute Gasteiger partial charge is 0.318 e. The maximum Gasteiger partial charge on any atom is 0.318 e. The zero-order valence-corrected chi connectivity index (χ0v) is 25.2. The summed E-state index contributed by atoms with van der Waals surface area (Å²) >= 11 is 0. The van der Waals surface area contributed by atoms with Crippen molar-refractivity contribution < 1.29 is 4.74 Å². The molecule has 3 saturated heterocycles. The summed E-state index contributed by atoms with van der Waals surface area (Å²) in [7, 11) is 0. The highest BCUT2D eigenvalue weighted by atomic mass is 16.5. The number of H-pyrrole nitrogens is 1. The normalized spacial score (nSPS) is 21.5. The number of aryl methyl sites for hydroxylation is 1. The first-order valence-corrected chi connectivity index (χ1v) is 16.2. The summed E-state index contributed by atoms with van der Waals surface area (Å²) < 4.78 is 6.58. The van der Waals surface area contributed by atoms with E-state index in [1.807, 2.05) is 0 Å². The van der Waals surface area contributed by atoms with Gasteiger partial charge < -0.3 is 20.3 Å². The van der Waals surface area contributed by atoms with Crippen LogP contribution in [0.25, 0.3) is 10.8 Å². The molecule has 0 aliphatic carbocycles. The number of nitrogens with two attached hydrogens (primary N) is 1. The first kappa shape index (κ1) is 26.8. The Morgan fingerprint density at radius 3 is 2.65 bits per heavy atom. The molecule has 2 aromatic heterocycles. The van der Waals surface area contributed by atoms with E-state index >= 15 is 0 Å². The van der Waals surface area contributed by atoms with Crippen LogP contribution in [-0.4, -0.2) is 69.9 Å². The fourth-order valence-corrected chi connectivity index (χ4v) is 8.36. The van der Waals surface area contributed by atoms with E-state index in [0.717, 1.165) is 68.3 Å². The van der Waals surface area contributed by atoms with Crippen molar-refractivity contribution in [1.82, 2.24) is 25.1 Å². The van der Waals surface area contributed by atoms with Gasteiger partial charge in [-0.3, -0.25) is 10.00 Å². The fraction of sp³-hybridized carbons (Fsp3) is 0.500. The standard InChI is InChI=1S/C34H42N8O/c1-2-23-7-3-8-24-9-4-10-29(30(23)24)40-18-12-26-28(21-40)37-33(43-22-34-13-5-15-42(34)16-6-14-34)38-32(26)41-17-11-25(20-41)31-27(35)19-36-39-31/h3-4,7-10,19,25H,2,5-6,11-18,20-22,35H2,1H3,(H,36,39). The molecule has 4 aromatic rings. The molecule has 3 N–H and O–H groups in total. The number of ether oxygens (including phenoxy) is 1. The quantitative estimate of drug-likeness (QED) is 0.314. The van der Waals surface area contributed by atoms with Gasteiger partial charge in [-0.1, -0.05) is 37.3 Å². The highest BCUT2D eigenvalue weighted by molar-refractivity contribution is 5.97. The third-order valence-corrected chi connectivity index (χ3v) is 10.6. The largest absolute Gasteiger partial charge is 0.461 e. The number of rotatable bonds is 7. The van der Waals surface area contributed by atoms with Crippen molar-refractivity contribution in [3.63, 3.8) is 0 Å². The predicted molar refractivity (Wildman–Crippen MR) is 171 cm³/mol. The van der Waals surface area contributed by atoms with Crippen molar-refractivity contribution >= 4 is 28.0 Å². The molecule has 0 amide bonds. The average Bonchev–Trinajstić information content (AvgIpc) is 3.83. The molecule has 4 aliphatic rings. The number of hydrogen-bond donors (Lipinski definition) is 2. The van der Waals surface area contributed by atoms with Crippen molar-refractivity contribution in [3.05, 3.63) is 65.1 Å². The first-order chi connectivity index (χ1) is 21.1. The molecule has 9 heteroatoms. The number of aromatic nitrogens is 4. The minimum absolute atomic E-state index is 0.155. The second-order valence-electron chi connectivity index (χ2n) is 13.0. The molecule has 1 atom stereocenters. The Labute approximate surface area is 253 Å². The molecule has 0 bridgehead atoms. The Kier molecular flexibility index (Phi) is 6.66. The van der Waals surface area contributed by atoms with Crippen LogP contribution in [0.3, 0.4) is 0 Å². The van der Waals surface area contributed by atoms with E-state index in [1.54, 1.807) is 6.20 Å². The Morgan fingerprint density at radius 1 is 1.02 bits per heavy atom. The van der Waals surface area contributed by atoms with Crippen LogP contribution in [0.15, 0.2) is 42.6 Å². The van der Waals surface area contributed by atoms with E-state index in [9.17, 15) is 0 Å². The predicted octanol–water partition coefficient (Wildman–Crippen LogP) is 5.06. The summed E-state index contributed by atoms with van der Waals surface area (Å²) in [5.74, 6) is 1.35. The van der Waals surface area contributed by atoms with Crippen molar-refractivity contribution in [2.45, 2.75) is 69.9 Å². The lowest BCUT2D eigenvalue weighted by atomic mass is 9.95. The number of nitrogens with zero attached hydrogens (tertiary/aromatic N) is 6. The topological polar surface area (TPSA) is 99.4 Å². The van der Waals surface area contributed by atoms with Gasteiger partial charge in [0.05, 0.1) is 35.4 Å². The lowest BCUT2D eigenvalue weighted by molar-refractivity contribution is 0.107. The molecule has 1 unspecified atom stereocenters.